The number of carbonyl (C=O) groups excluding carboxylic acids is 2. The van der Waals surface area contributed by atoms with Crippen LogP contribution in [-0.2, 0) is 9.53 Å². The van der Waals surface area contributed by atoms with E-state index in [1.807, 2.05) is 18.2 Å². The van der Waals surface area contributed by atoms with Crippen LogP contribution in [0.15, 0.2) is 36.7 Å². The second kappa shape index (κ2) is 6.64. The summed E-state index contributed by atoms with van der Waals surface area (Å²) in [6.45, 7) is 6.92. The van der Waals surface area contributed by atoms with Crippen LogP contribution in [0.4, 0.5) is 10.5 Å². The molecule has 0 saturated carbocycles. The van der Waals surface area contributed by atoms with Gasteiger partial charge in [-0.3, -0.25) is 4.98 Å². The Hall–Kier alpha value is -2.63. The number of ether oxygens (including phenoxy) is 1. The monoisotopic (exact) mass is 315 g/mol. The Morgan fingerprint density at radius 2 is 1.96 bits per heavy atom. The zero-order valence-corrected chi connectivity index (χ0v) is 13.7. The van der Waals surface area contributed by atoms with E-state index in [0.29, 0.717) is 5.69 Å². The highest BCUT2D eigenvalue weighted by Gasteiger charge is 2.23. The molecule has 0 saturated heterocycles. The Morgan fingerprint density at radius 1 is 1.22 bits per heavy atom. The van der Waals surface area contributed by atoms with E-state index >= 15 is 0 Å². The van der Waals surface area contributed by atoms with Gasteiger partial charge in [-0.15, -0.1) is 0 Å². The molecule has 2 amide bonds. The molecule has 0 radical (unpaired) electrons. The van der Waals surface area contributed by atoms with Gasteiger partial charge >= 0.3 is 12.0 Å². The largest absolute Gasteiger partial charge is 0.458 e. The first-order valence-corrected chi connectivity index (χ1v) is 7.39. The second-order valence-electron chi connectivity index (χ2n) is 6.26. The number of rotatable bonds is 3. The minimum absolute atomic E-state index is 0.465. The summed E-state index contributed by atoms with van der Waals surface area (Å²) >= 11 is 0. The Kier molecular flexibility index (Phi) is 4.83. The van der Waals surface area contributed by atoms with Crippen LogP contribution in [0.25, 0.3) is 10.8 Å². The molecule has 6 nitrogen and oxygen atoms in total. The van der Waals surface area contributed by atoms with Gasteiger partial charge in [-0.1, -0.05) is 12.1 Å². The molecule has 0 aliphatic carbocycles. The summed E-state index contributed by atoms with van der Waals surface area (Å²) in [7, 11) is 0. The van der Waals surface area contributed by atoms with E-state index in [4.69, 9.17) is 4.74 Å². The number of benzene rings is 1. The molecule has 2 rings (SSSR count). The van der Waals surface area contributed by atoms with E-state index in [2.05, 4.69) is 15.6 Å². The van der Waals surface area contributed by atoms with E-state index < -0.39 is 23.6 Å². The first kappa shape index (κ1) is 16.7. The number of hydrogen-bond acceptors (Lipinski definition) is 4. The maximum absolute atomic E-state index is 12.1. The fourth-order valence-corrected chi connectivity index (χ4v) is 2.04. The smallest absolute Gasteiger partial charge is 0.328 e. The number of nitrogens with one attached hydrogen (secondary N) is 2. The minimum atomic E-state index is -0.745. The van der Waals surface area contributed by atoms with Crippen LogP contribution in [0.2, 0.25) is 0 Å². The number of esters is 1. The maximum Gasteiger partial charge on any atom is 0.328 e. The fourth-order valence-electron chi connectivity index (χ4n) is 2.04. The van der Waals surface area contributed by atoms with Crippen LogP contribution in [-0.4, -0.2) is 28.6 Å². The molecule has 0 bridgehead atoms. The molecule has 122 valence electrons. The fraction of sp³-hybridized carbons (Fsp3) is 0.353. The summed E-state index contributed by atoms with van der Waals surface area (Å²) in [4.78, 5) is 28.0. The van der Waals surface area contributed by atoms with Gasteiger partial charge in [-0.25, -0.2) is 9.59 Å². The van der Waals surface area contributed by atoms with E-state index in [-0.39, 0.29) is 0 Å². The van der Waals surface area contributed by atoms with Gasteiger partial charge < -0.3 is 15.4 Å². The summed E-state index contributed by atoms with van der Waals surface area (Å²) in [5.74, 6) is -0.477. The lowest BCUT2D eigenvalue weighted by Crippen LogP contribution is -2.44. The number of anilines is 1. The number of fused-ring (bicyclic) bond motifs is 1. The van der Waals surface area contributed by atoms with Crippen LogP contribution in [0.1, 0.15) is 27.7 Å². The SMILES string of the molecule is C[C@H](NC(=O)Nc1cccc2cnccc12)C(=O)OC(C)(C)C. The third-order valence-electron chi connectivity index (χ3n) is 3.04. The van der Waals surface area contributed by atoms with Gasteiger partial charge in [0.2, 0.25) is 0 Å². The predicted octanol–water partition coefficient (Wildman–Crippen LogP) is 3.09. The van der Waals surface area contributed by atoms with Crippen molar-refractivity contribution in [1.82, 2.24) is 10.3 Å². The Labute approximate surface area is 135 Å². The van der Waals surface area contributed by atoms with E-state index in [1.165, 1.54) is 0 Å². The summed E-state index contributed by atoms with van der Waals surface area (Å²) in [5, 5.41) is 7.12. The van der Waals surface area contributed by atoms with E-state index in [0.717, 1.165) is 10.8 Å². The van der Waals surface area contributed by atoms with Gasteiger partial charge in [0.1, 0.15) is 11.6 Å². The highest BCUT2D eigenvalue weighted by molar-refractivity contribution is 6.02. The normalized spacial score (nSPS) is 12.5. The Balaban J connectivity index is 2.03. The standard InChI is InChI=1S/C17H21N3O3/c1-11(15(21)23-17(2,3)4)19-16(22)20-14-7-5-6-12-10-18-9-8-13(12)14/h5-11H,1-4H3,(H2,19,20,22)/t11-/m0/s1. The van der Waals surface area contributed by atoms with Crippen LogP contribution < -0.4 is 10.6 Å². The Bertz CT molecular complexity index is 717. The summed E-state index contributed by atoms with van der Waals surface area (Å²) in [6.07, 6.45) is 3.39. The molecule has 6 heteroatoms. The maximum atomic E-state index is 12.1. The van der Waals surface area contributed by atoms with Gasteiger partial charge in [-0.05, 0) is 39.8 Å². The van der Waals surface area contributed by atoms with E-state index in [1.54, 1.807) is 46.2 Å². The lowest BCUT2D eigenvalue weighted by Gasteiger charge is -2.22. The highest BCUT2D eigenvalue weighted by atomic mass is 16.6. The minimum Gasteiger partial charge on any atom is -0.458 e. The van der Waals surface area contributed by atoms with Crippen molar-refractivity contribution in [2.75, 3.05) is 5.32 Å². The number of carbonyl (C=O) groups is 2. The average Bonchev–Trinajstić information content (AvgIpc) is 2.45. The van der Waals surface area contributed by atoms with Crippen LogP contribution in [0.5, 0.6) is 0 Å². The van der Waals surface area contributed by atoms with Crippen molar-refractivity contribution in [3.05, 3.63) is 36.7 Å². The molecular weight excluding hydrogens is 294 g/mol. The third-order valence-corrected chi connectivity index (χ3v) is 3.04. The molecule has 2 aromatic rings. The first-order chi connectivity index (χ1) is 10.8. The van der Waals surface area contributed by atoms with Crippen molar-refractivity contribution in [1.29, 1.82) is 0 Å². The zero-order chi connectivity index (χ0) is 17.0. The number of hydrogen-bond donors (Lipinski definition) is 2. The van der Waals surface area contributed by atoms with Gasteiger partial charge in [0.15, 0.2) is 0 Å². The molecule has 0 aliphatic heterocycles. The van der Waals surface area contributed by atoms with Crippen LogP contribution in [0.3, 0.4) is 0 Å². The van der Waals surface area contributed by atoms with Gasteiger partial charge in [0.25, 0.3) is 0 Å². The second-order valence-corrected chi connectivity index (χ2v) is 6.26. The van der Waals surface area contributed by atoms with Crippen LogP contribution in [0, 0.1) is 0 Å². The molecule has 23 heavy (non-hydrogen) atoms. The zero-order valence-electron chi connectivity index (χ0n) is 13.7. The predicted molar refractivity (Wildman–Crippen MR) is 89.2 cm³/mol. The molecule has 1 aromatic heterocycles. The number of nitrogens with zero attached hydrogens (tertiary/aromatic N) is 1. The lowest BCUT2D eigenvalue weighted by molar-refractivity contribution is -0.156. The van der Waals surface area contributed by atoms with E-state index in [9.17, 15) is 9.59 Å². The molecule has 0 spiro atoms. The molecule has 1 heterocycles. The van der Waals surface area contributed by atoms with Crippen molar-refractivity contribution in [2.24, 2.45) is 0 Å². The van der Waals surface area contributed by atoms with Gasteiger partial charge in [-0.2, -0.15) is 0 Å². The quantitative estimate of drug-likeness (QED) is 0.853. The van der Waals surface area contributed by atoms with Crippen molar-refractivity contribution >= 4 is 28.5 Å². The van der Waals surface area contributed by atoms with Crippen molar-refractivity contribution in [3.63, 3.8) is 0 Å². The number of pyridine rings is 1. The van der Waals surface area contributed by atoms with Crippen molar-refractivity contribution in [3.8, 4) is 0 Å². The molecule has 2 N–H and O–H groups in total. The highest BCUT2D eigenvalue weighted by Crippen LogP contribution is 2.21. The summed E-state index contributed by atoms with van der Waals surface area (Å²) < 4.78 is 5.23. The van der Waals surface area contributed by atoms with Crippen molar-refractivity contribution < 1.29 is 14.3 Å². The first-order valence-electron chi connectivity index (χ1n) is 7.39. The third kappa shape index (κ3) is 4.67. The molecule has 0 unspecified atom stereocenters. The molecule has 0 aliphatic rings. The topological polar surface area (TPSA) is 80.3 Å². The average molecular weight is 315 g/mol. The molecule has 1 atom stereocenters. The molecule has 0 fully saturated rings. The summed E-state index contributed by atoms with van der Waals surface area (Å²) in [6, 6.07) is 6.15. The van der Waals surface area contributed by atoms with Crippen LogP contribution >= 0.6 is 0 Å². The number of aromatic nitrogens is 1. The molecule has 1 aromatic carbocycles. The number of urea groups is 1. The molecular formula is C17H21N3O3. The lowest BCUT2D eigenvalue weighted by atomic mass is 10.1. The van der Waals surface area contributed by atoms with Gasteiger partial charge in [0, 0.05) is 23.2 Å². The summed E-state index contributed by atoms with van der Waals surface area (Å²) in [5.41, 5.74) is 0.0605. The van der Waals surface area contributed by atoms with Crippen molar-refractivity contribution in [2.45, 2.75) is 39.3 Å². The Morgan fingerprint density at radius 3 is 2.65 bits per heavy atom. The number of amides is 2. The van der Waals surface area contributed by atoms with Gasteiger partial charge in [0.05, 0.1) is 5.69 Å².